The lowest BCUT2D eigenvalue weighted by Gasteiger charge is -2.53. The molecular formula is C23H39N3O4. The quantitative estimate of drug-likeness (QED) is 0.677. The fourth-order valence-corrected chi connectivity index (χ4v) is 6.44. The van der Waals surface area contributed by atoms with Gasteiger partial charge in [0.05, 0.1) is 12.6 Å². The van der Waals surface area contributed by atoms with Crippen LogP contribution in [0.15, 0.2) is 0 Å². The molecule has 1 atom stereocenters. The number of nitrogens with zero attached hydrogens (tertiary/aromatic N) is 3. The summed E-state index contributed by atoms with van der Waals surface area (Å²) in [5.74, 6) is 0.452. The molecular weight excluding hydrogens is 382 g/mol. The number of piperidine rings is 1. The van der Waals surface area contributed by atoms with E-state index >= 15 is 0 Å². The zero-order chi connectivity index (χ0) is 21.5. The molecule has 1 saturated carbocycles. The highest BCUT2D eigenvalue weighted by Gasteiger charge is 2.56. The number of likely N-dealkylation sites (tertiary alicyclic amines) is 2. The Bertz CT molecular complexity index is 653. The number of amides is 2. The van der Waals surface area contributed by atoms with Crippen LogP contribution in [0.2, 0.25) is 0 Å². The van der Waals surface area contributed by atoms with Crippen molar-refractivity contribution < 1.29 is 19.1 Å². The van der Waals surface area contributed by atoms with Crippen molar-refractivity contribution in [2.45, 2.75) is 83.9 Å². The van der Waals surface area contributed by atoms with Crippen molar-refractivity contribution in [1.29, 1.82) is 0 Å². The van der Waals surface area contributed by atoms with Gasteiger partial charge in [0.15, 0.2) is 0 Å². The van der Waals surface area contributed by atoms with Gasteiger partial charge in [-0.3, -0.25) is 0 Å². The van der Waals surface area contributed by atoms with Gasteiger partial charge in [-0.15, -0.1) is 0 Å². The minimum atomic E-state index is -0.299. The fourth-order valence-electron chi connectivity index (χ4n) is 6.44. The second-order valence-electron chi connectivity index (χ2n) is 10.4. The molecule has 30 heavy (non-hydrogen) atoms. The molecule has 2 spiro atoms. The molecule has 0 N–H and O–H groups in total. The number of rotatable bonds is 5. The highest BCUT2D eigenvalue weighted by atomic mass is 16.6. The van der Waals surface area contributed by atoms with Gasteiger partial charge in [-0.25, -0.2) is 9.59 Å². The van der Waals surface area contributed by atoms with Crippen molar-refractivity contribution >= 4 is 12.2 Å². The minimum absolute atomic E-state index is 0.114. The number of carbonyl (C=O) groups is 2. The Morgan fingerprint density at radius 2 is 1.87 bits per heavy atom. The first-order valence-corrected chi connectivity index (χ1v) is 12.0. The van der Waals surface area contributed by atoms with Crippen LogP contribution in [0.25, 0.3) is 0 Å². The lowest BCUT2D eigenvalue weighted by atomic mass is 9.64. The van der Waals surface area contributed by atoms with E-state index in [9.17, 15) is 9.59 Å². The molecule has 1 unspecified atom stereocenters. The first kappa shape index (κ1) is 21.7. The highest BCUT2D eigenvalue weighted by Crippen LogP contribution is 2.51. The van der Waals surface area contributed by atoms with E-state index in [0.717, 1.165) is 58.4 Å². The topological polar surface area (TPSA) is 62.3 Å². The summed E-state index contributed by atoms with van der Waals surface area (Å²) >= 11 is 0. The first-order chi connectivity index (χ1) is 14.3. The molecule has 3 saturated heterocycles. The molecule has 0 aromatic carbocycles. The molecule has 0 radical (unpaired) electrons. The van der Waals surface area contributed by atoms with Gasteiger partial charge in [-0.2, -0.15) is 0 Å². The van der Waals surface area contributed by atoms with Gasteiger partial charge in [0.2, 0.25) is 0 Å². The van der Waals surface area contributed by atoms with Crippen LogP contribution in [-0.2, 0) is 9.47 Å². The summed E-state index contributed by atoms with van der Waals surface area (Å²) in [6.45, 7) is 13.3. The van der Waals surface area contributed by atoms with E-state index in [-0.39, 0.29) is 23.8 Å². The Labute approximate surface area is 181 Å². The van der Waals surface area contributed by atoms with Crippen LogP contribution in [0.1, 0.15) is 66.2 Å². The predicted octanol–water partition coefficient (Wildman–Crippen LogP) is 3.72. The highest BCUT2D eigenvalue weighted by molar-refractivity contribution is 5.71. The number of hydrogen-bond donors (Lipinski definition) is 0. The van der Waals surface area contributed by atoms with Gasteiger partial charge in [0.25, 0.3) is 0 Å². The smallest absolute Gasteiger partial charge is 0.410 e. The van der Waals surface area contributed by atoms with E-state index in [0.29, 0.717) is 24.0 Å². The normalized spacial score (nSPS) is 33.4. The molecule has 7 heteroatoms. The maximum absolute atomic E-state index is 12.6. The standard InChI is InChI=1S/C23H39N3O4/c1-5-19-23(30-21(28)26(19)15-17(3)4)8-11-24(12-9-23)18-13-22(14-18)7-10-25(16-22)20(27)29-6-2/h17-19H,5-16H2,1-4H3. The number of hydrogen-bond acceptors (Lipinski definition) is 5. The molecule has 4 aliphatic rings. The molecule has 4 rings (SSSR count). The Hall–Kier alpha value is -1.50. The minimum Gasteiger partial charge on any atom is -0.450 e. The lowest BCUT2D eigenvalue weighted by molar-refractivity contribution is -0.0637. The molecule has 7 nitrogen and oxygen atoms in total. The molecule has 0 bridgehead atoms. The maximum Gasteiger partial charge on any atom is 0.410 e. The monoisotopic (exact) mass is 421 g/mol. The largest absolute Gasteiger partial charge is 0.450 e. The van der Waals surface area contributed by atoms with Crippen LogP contribution in [0.4, 0.5) is 9.59 Å². The molecule has 3 heterocycles. The fraction of sp³-hybridized carbons (Fsp3) is 0.913. The van der Waals surface area contributed by atoms with E-state index < -0.39 is 0 Å². The van der Waals surface area contributed by atoms with E-state index in [4.69, 9.17) is 9.47 Å². The van der Waals surface area contributed by atoms with Crippen molar-refractivity contribution in [2.24, 2.45) is 11.3 Å². The van der Waals surface area contributed by atoms with Crippen LogP contribution in [-0.4, -0.2) is 83.9 Å². The Kier molecular flexibility index (Phi) is 5.94. The van der Waals surface area contributed by atoms with Crippen LogP contribution < -0.4 is 0 Å². The second kappa shape index (κ2) is 8.21. The summed E-state index contributed by atoms with van der Waals surface area (Å²) in [5.41, 5.74) is -0.000863. The average Bonchev–Trinajstić information content (AvgIpc) is 3.22. The lowest BCUT2D eigenvalue weighted by Crippen LogP contribution is -2.58. The van der Waals surface area contributed by atoms with E-state index in [1.807, 2.05) is 16.7 Å². The van der Waals surface area contributed by atoms with Gasteiger partial charge >= 0.3 is 12.2 Å². The number of carbonyl (C=O) groups excluding carboxylic acids is 2. The summed E-state index contributed by atoms with van der Waals surface area (Å²) in [4.78, 5) is 31.1. The predicted molar refractivity (Wildman–Crippen MR) is 114 cm³/mol. The van der Waals surface area contributed by atoms with Crippen molar-refractivity contribution in [3.05, 3.63) is 0 Å². The van der Waals surface area contributed by atoms with Crippen molar-refractivity contribution in [2.75, 3.05) is 39.3 Å². The van der Waals surface area contributed by atoms with Crippen LogP contribution in [0, 0.1) is 11.3 Å². The van der Waals surface area contributed by atoms with Crippen molar-refractivity contribution in [3.63, 3.8) is 0 Å². The van der Waals surface area contributed by atoms with Gasteiger partial charge in [-0.05, 0) is 43.9 Å². The van der Waals surface area contributed by atoms with Crippen LogP contribution >= 0.6 is 0 Å². The summed E-state index contributed by atoms with van der Waals surface area (Å²) in [6.07, 6.45) is 6.00. The third kappa shape index (κ3) is 3.78. The number of ether oxygens (including phenoxy) is 2. The first-order valence-electron chi connectivity index (χ1n) is 12.0. The third-order valence-corrected chi connectivity index (χ3v) is 7.92. The van der Waals surface area contributed by atoms with E-state index in [1.165, 1.54) is 12.8 Å². The molecule has 0 aromatic heterocycles. The van der Waals surface area contributed by atoms with Crippen LogP contribution in [0.3, 0.4) is 0 Å². The molecule has 4 fully saturated rings. The molecule has 170 valence electrons. The molecule has 3 aliphatic heterocycles. The van der Waals surface area contributed by atoms with Gasteiger partial charge < -0.3 is 24.2 Å². The SMILES string of the molecule is CCOC(=O)N1CCC2(CC(N3CCC4(CC3)OC(=O)N(CC(C)C)C4CC)C2)C1. The third-order valence-electron chi connectivity index (χ3n) is 7.92. The molecule has 1 aliphatic carbocycles. The van der Waals surface area contributed by atoms with Gasteiger partial charge in [0, 0.05) is 51.6 Å². The zero-order valence-corrected chi connectivity index (χ0v) is 19.2. The Morgan fingerprint density at radius 1 is 1.17 bits per heavy atom. The zero-order valence-electron chi connectivity index (χ0n) is 19.2. The summed E-state index contributed by atoms with van der Waals surface area (Å²) in [7, 11) is 0. The second-order valence-corrected chi connectivity index (χ2v) is 10.4. The summed E-state index contributed by atoms with van der Waals surface area (Å²) < 4.78 is 11.2. The Morgan fingerprint density at radius 3 is 2.47 bits per heavy atom. The van der Waals surface area contributed by atoms with Crippen LogP contribution in [0.5, 0.6) is 0 Å². The van der Waals surface area contributed by atoms with E-state index in [2.05, 4.69) is 25.7 Å². The van der Waals surface area contributed by atoms with Crippen molar-refractivity contribution in [1.82, 2.24) is 14.7 Å². The van der Waals surface area contributed by atoms with Gasteiger partial charge in [-0.1, -0.05) is 20.8 Å². The summed E-state index contributed by atoms with van der Waals surface area (Å²) in [6, 6.07) is 0.809. The maximum atomic E-state index is 12.6. The van der Waals surface area contributed by atoms with Crippen molar-refractivity contribution in [3.8, 4) is 0 Å². The Balaban J connectivity index is 1.30. The molecule has 0 aromatic rings. The van der Waals surface area contributed by atoms with Gasteiger partial charge in [0.1, 0.15) is 5.60 Å². The molecule has 2 amide bonds. The average molecular weight is 422 g/mol. The van der Waals surface area contributed by atoms with E-state index in [1.54, 1.807) is 0 Å². The summed E-state index contributed by atoms with van der Waals surface area (Å²) in [5, 5.41) is 0.